The molecule has 0 bridgehead atoms. The fourth-order valence-corrected chi connectivity index (χ4v) is 4.69. The molecule has 0 radical (unpaired) electrons. The second-order valence-electron chi connectivity index (χ2n) is 7.67. The maximum atomic E-state index is 12.9. The van der Waals surface area contributed by atoms with Gasteiger partial charge in [0, 0.05) is 16.7 Å². The monoisotopic (exact) mass is 458 g/mol. The average molecular weight is 459 g/mol. The summed E-state index contributed by atoms with van der Waals surface area (Å²) < 4.78 is 7.50. The molecular formula is C26H22N2O4S. The van der Waals surface area contributed by atoms with Gasteiger partial charge in [0.25, 0.3) is 5.91 Å². The number of nitrogens with zero attached hydrogens (tertiary/aromatic N) is 2. The van der Waals surface area contributed by atoms with Gasteiger partial charge in [0.05, 0.1) is 17.3 Å². The summed E-state index contributed by atoms with van der Waals surface area (Å²) in [4.78, 5) is 42.3. The Kier molecular flexibility index (Phi) is 6.33. The molecule has 0 spiro atoms. The summed E-state index contributed by atoms with van der Waals surface area (Å²) in [5.41, 5.74) is 4.36. The number of benzene rings is 3. The number of methoxy groups -OCH3 is 1. The van der Waals surface area contributed by atoms with Crippen LogP contribution >= 0.6 is 11.3 Å². The number of aryl methyl sites for hydroxylation is 2. The lowest BCUT2D eigenvalue weighted by Crippen LogP contribution is -2.22. The van der Waals surface area contributed by atoms with Crippen LogP contribution in [0.1, 0.15) is 37.4 Å². The molecular weight excluding hydrogens is 436 g/mol. The minimum absolute atomic E-state index is 0.0456. The van der Waals surface area contributed by atoms with Crippen LogP contribution in [0.2, 0.25) is 0 Å². The Morgan fingerprint density at radius 3 is 2.21 bits per heavy atom. The van der Waals surface area contributed by atoms with Crippen molar-refractivity contribution in [1.29, 1.82) is 0 Å². The standard InChI is InChI=1S/C26H22N2O4S/c1-16-13-17(2)24-21(14-16)28(15-22(29)32-3)26(33-24)27-25(31)20-11-9-19(10-12-20)23(30)18-7-5-4-6-8-18/h4-14H,15H2,1-3H3. The first-order valence-corrected chi connectivity index (χ1v) is 11.2. The molecule has 7 heteroatoms. The maximum Gasteiger partial charge on any atom is 0.325 e. The normalized spacial score (nSPS) is 11.5. The second-order valence-corrected chi connectivity index (χ2v) is 8.64. The molecule has 0 atom stereocenters. The van der Waals surface area contributed by atoms with Gasteiger partial charge in [0.2, 0.25) is 0 Å². The average Bonchev–Trinajstić information content (AvgIpc) is 3.16. The van der Waals surface area contributed by atoms with Gasteiger partial charge in [-0.1, -0.05) is 59.9 Å². The topological polar surface area (TPSA) is 77.7 Å². The Labute approximate surface area is 194 Å². The van der Waals surface area contributed by atoms with Crippen LogP contribution in [-0.4, -0.2) is 29.3 Å². The van der Waals surface area contributed by atoms with Gasteiger partial charge in [0.15, 0.2) is 10.6 Å². The van der Waals surface area contributed by atoms with Crippen LogP contribution in [0.5, 0.6) is 0 Å². The molecule has 3 aromatic carbocycles. The van der Waals surface area contributed by atoms with Crippen LogP contribution in [0.15, 0.2) is 71.7 Å². The Bertz CT molecular complexity index is 1430. The summed E-state index contributed by atoms with van der Waals surface area (Å²) >= 11 is 1.35. The summed E-state index contributed by atoms with van der Waals surface area (Å²) in [5, 5.41) is 0. The predicted molar refractivity (Wildman–Crippen MR) is 128 cm³/mol. The van der Waals surface area contributed by atoms with Crippen molar-refractivity contribution in [2.24, 2.45) is 4.99 Å². The van der Waals surface area contributed by atoms with Crippen molar-refractivity contribution < 1.29 is 19.1 Å². The van der Waals surface area contributed by atoms with Gasteiger partial charge < -0.3 is 9.30 Å². The number of fused-ring (bicyclic) bond motifs is 1. The van der Waals surface area contributed by atoms with Crippen LogP contribution in [0.4, 0.5) is 0 Å². The van der Waals surface area contributed by atoms with Gasteiger partial charge in [-0.25, -0.2) is 0 Å². The molecule has 1 amide bonds. The number of rotatable bonds is 5. The number of amides is 1. The molecule has 0 aliphatic rings. The third-order valence-electron chi connectivity index (χ3n) is 5.26. The largest absolute Gasteiger partial charge is 0.468 e. The zero-order valence-corrected chi connectivity index (χ0v) is 19.3. The summed E-state index contributed by atoms with van der Waals surface area (Å²) in [6.45, 7) is 3.92. The van der Waals surface area contributed by atoms with E-state index in [9.17, 15) is 14.4 Å². The first-order valence-electron chi connectivity index (χ1n) is 10.3. The molecule has 4 aromatic rings. The highest BCUT2D eigenvalue weighted by atomic mass is 32.1. The van der Waals surface area contributed by atoms with Crippen LogP contribution < -0.4 is 4.80 Å². The van der Waals surface area contributed by atoms with E-state index in [1.807, 2.05) is 38.1 Å². The van der Waals surface area contributed by atoms with Crippen molar-refractivity contribution in [3.8, 4) is 0 Å². The number of carbonyl (C=O) groups is 3. The van der Waals surface area contributed by atoms with E-state index in [-0.39, 0.29) is 12.3 Å². The third kappa shape index (κ3) is 4.68. The lowest BCUT2D eigenvalue weighted by molar-refractivity contribution is -0.141. The van der Waals surface area contributed by atoms with Crippen molar-refractivity contribution in [1.82, 2.24) is 4.57 Å². The predicted octanol–water partition coefficient (Wildman–Crippen LogP) is 4.46. The van der Waals surface area contributed by atoms with Crippen molar-refractivity contribution in [3.63, 3.8) is 0 Å². The number of ether oxygens (including phenoxy) is 1. The molecule has 0 N–H and O–H groups in total. The highest BCUT2D eigenvalue weighted by molar-refractivity contribution is 7.16. The zero-order chi connectivity index (χ0) is 23.5. The minimum Gasteiger partial charge on any atom is -0.468 e. The Hall–Kier alpha value is -3.84. The fraction of sp³-hybridized carbons (Fsp3) is 0.154. The van der Waals surface area contributed by atoms with Gasteiger partial charge in [-0.05, 0) is 43.2 Å². The molecule has 0 saturated carbocycles. The molecule has 4 rings (SSSR count). The van der Waals surface area contributed by atoms with E-state index in [1.54, 1.807) is 41.0 Å². The molecule has 33 heavy (non-hydrogen) atoms. The number of hydrogen-bond donors (Lipinski definition) is 0. The minimum atomic E-state index is -0.451. The van der Waals surface area contributed by atoms with Crippen molar-refractivity contribution in [2.75, 3.05) is 7.11 Å². The first-order chi connectivity index (χ1) is 15.9. The molecule has 0 aliphatic heterocycles. The maximum absolute atomic E-state index is 12.9. The first kappa shape index (κ1) is 22.4. The fourth-order valence-electron chi connectivity index (χ4n) is 3.62. The summed E-state index contributed by atoms with van der Waals surface area (Å²) in [5.74, 6) is -0.988. The Morgan fingerprint density at radius 2 is 1.55 bits per heavy atom. The number of thiazole rings is 1. The number of hydrogen-bond acceptors (Lipinski definition) is 5. The highest BCUT2D eigenvalue weighted by Crippen LogP contribution is 2.23. The number of esters is 1. The molecule has 6 nitrogen and oxygen atoms in total. The van der Waals surface area contributed by atoms with Crippen LogP contribution in [0.3, 0.4) is 0 Å². The molecule has 1 heterocycles. The summed E-state index contributed by atoms with van der Waals surface area (Å²) in [7, 11) is 1.33. The highest BCUT2D eigenvalue weighted by Gasteiger charge is 2.15. The van der Waals surface area contributed by atoms with Gasteiger partial charge in [-0.3, -0.25) is 14.4 Å². The van der Waals surface area contributed by atoms with Gasteiger partial charge in [-0.15, -0.1) is 0 Å². The van der Waals surface area contributed by atoms with Crippen molar-refractivity contribution >= 4 is 39.2 Å². The Morgan fingerprint density at radius 1 is 0.909 bits per heavy atom. The molecule has 0 saturated heterocycles. The molecule has 1 aromatic heterocycles. The van der Waals surface area contributed by atoms with E-state index in [0.29, 0.717) is 21.5 Å². The molecule has 166 valence electrons. The lowest BCUT2D eigenvalue weighted by atomic mass is 10.0. The second kappa shape index (κ2) is 9.34. The smallest absolute Gasteiger partial charge is 0.325 e. The zero-order valence-electron chi connectivity index (χ0n) is 18.5. The molecule has 0 fully saturated rings. The van der Waals surface area contributed by atoms with Gasteiger partial charge >= 0.3 is 5.97 Å². The number of ketones is 1. The number of carbonyl (C=O) groups excluding carboxylic acids is 3. The van der Waals surface area contributed by atoms with Crippen molar-refractivity contribution in [2.45, 2.75) is 20.4 Å². The van der Waals surface area contributed by atoms with E-state index in [0.717, 1.165) is 21.3 Å². The SMILES string of the molecule is COC(=O)Cn1c(=NC(=O)c2ccc(C(=O)c3ccccc3)cc2)sc2c(C)cc(C)cc21. The van der Waals surface area contributed by atoms with Gasteiger partial charge in [0.1, 0.15) is 6.54 Å². The quantitative estimate of drug-likeness (QED) is 0.327. The summed E-state index contributed by atoms with van der Waals surface area (Å²) in [6, 6.07) is 19.4. The molecule has 0 aliphatic carbocycles. The lowest BCUT2D eigenvalue weighted by Gasteiger charge is -2.05. The van der Waals surface area contributed by atoms with E-state index in [4.69, 9.17) is 4.74 Å². The van der Waals surface area contributed by atoms with Crippen LogP contribution in [-0.2, 0) is 16.1 Å². The van der Waals surface area contributed by atoms with Crippen LogP contribution in [0, 0.1) is 13.8 Å². The van der Waals surface area contributed by atoms with E-state index in [2.05, 4.69) is 11.1 Å². The van der Waals surface area contributed by atoms with Crippen LogP contribution in [0.25, 0.3) is 10.2 Å². The van der Waals surface area contributed by atoms with E-state index < -0.39 is 11.9 Å². The third-order valence-corrected chi connectivity index (χ3v) is 6.49. The van der Waals surface area contributed by atoms with Gasteiger partial charge in [-0.2, -0.15) is 4.99 Å². The van der Waals surface area contributed by atoms with E-state index >= 15 is 0 Å². The molecule has 0 unspecified atom stereocenters. The summed E-state index contributed by atoms with van der Waals surface area (Å²) in [6.07, 6.45) is 0. The Balaban J connectivity index is 1.71. The van der Waals surface area contributed by atoms with Crippen molar-refractivity contribution in [3.05, 3.63) is 99.3 Å². The number of aromatic nitrogens is 1. The van der Waals surface area contributed by atoms with E-state index in [1.165, 1.54) is 18.4 Å².